The maximum Gasteiger partial charge on any atom is 0.292 e. The van der Waals surface area contributed by atoms with Crippen LogP contribution in [0.15, 0.2) is 18.2 Å². The summed E-state index contributed by atoms with van der Waals surface area (Å²) in [5.74, 6) is 0. The van der Waals surface area contributed by atoms with Crippen molar-refractivity contribution in [2.75, 3.05) is 24.6 Å². The third kappa shape index (κ3) is 3.90. The van der Waals surface area contributed by atoms with Crippen molar-refractivity contribution in [1.82, 2.24) is 0 Å². The third-order valence-corrected chi connectivity index (χ3v) is 2.88. The van der Waals surface area contributed by atoms with Gasteiger partial charge < -0.3 is 15.1 Å². The highest BCUT2D eigenvalue weighted by atomic mass is 16.6. The second-order valence-electron chi connectivity index (χ2n) is 4.39. The minimum atomic E-state index is -0.745. The molecule has 106 valence electrons. The fourth-order valence-electron chi connectivity index (χ4n) is 1.96. The fourth-order valence-corrected chi connectivity index (χ4v) is 1.96. The molecule has 0 fully saturated rings. The Bertz CT molecular complexity index is 429. The molecule has 2 N–H and O–H groups in total. The van der Waals surface area contributed by atoms with Gasteiger partial charge in [0.15, 0.2) is 0 Å². The molecule has 0 radical (unpaired) electrons. The van der Waals surface area contributed by atoms with E-state index < -0.39 is 11.0 Å². The fraction of sp³-hybridized carbons (Fsp3) is 0.538. The van der Waals surface area contributed by atoms with Crippen LogP contribution >= 0.6 is 0 Å². The van der Waals surface area contributed by atoms with Gasteiger partial charge in [-0.2, -0.15) is 0 Å². The highest BCUT2D eigenvalue weighted by Gasteiger charge is 2.20. The molecule has 0 unspecified atom stereocenters. The van der Waals surface area contributed by atoms with Crippen molar-refractivity contribution in [1.29, 1.82) is 0 Å². The molecule has 6 nitrogen and oxygen atoms in total. The van der Waals surface area contributed by atoms with E-state index >= 15 is 0 Å². The Kier molecular flexibility index (Phi) is 5.72. The lowest BCUT2D eigenvalue weighted by molar-refractivity contribution is -0.384. The third-order valence-electron chi connectivity index (χ3n) is 2.88. The Hall–Kier alpha value is -1.66. The summed E-state index contributed by atoms with van der Waals surface area (Å²) >= 11 is 0. The van der Waals surface area contributed by atoms with Crippen LogP contribution in [0.4, 0.5) is 11.4 Å². The molecular formula is C13H20N2O4. The van der Waals surface area contributed by atoms with Gasteiger partial charge in [-0.3, -0.25) is 10.1 Å². The van der Waals surface area contributed by atoms with E-state index in [2.05, 4.69) is 0 Å². The van der Waals surface area contributed by atoms with Crippen LogP contribution in [-0.2, 0) is 0 Å². The molecule has 0 bridgehead atoms. The number of nitro groups is 1. The van der Waals surface area contributed by atoms with Crippen molar-refractivity contribution in [3.8, 4) is 0 Å². The number of aliphatic hydroxyl groups excluding tert-OH is 2. The van der Waals surface area contributed by atoms with Crippen molar-refractivity contribution in [2.45, 2.75) is 26.4 Å². The Balaban J connectivity index is 3.20. The summed E-state index contributed by atoms with van der Waals surface area (Å²) in [6.07, 6.45) is 0.0835. The Labute approximate surface area is 112 Å². The SMILES string of the molecule is CCCN(CCO)c1ccc([C@@H](C)O)cc1[N+](=O)[O-]. The van der Waals surface area contributed by atoms with E-state index in [1.165, 1.54) is 6.07 Å². The lowest BCUT2D eigenvalue weighted by Crippen LogP contribution is -2.28. The summed E-state index contributed by atoms with van der Waals surface area (Å²) in [5.41, 5.74) is 0.946. The summed E-state index contributed by atoms with van der Waals surface area (Å²) in [6, 6.07) is 4.69. The van der Waals surface area contributed by atoms with Gasteiger partial charge in [0.2, 0.25) is 0 Å². The number of benzene rings is 1. The number of aliphatic hydroxyl groups is 2. The standard InChI is InChI=1S/C13H20N2O4/c1-3-6-14(7-8-16)12-5-4-11(10(2)17)9-13(12)15(18)19/h4-5,9-10,16-17H,3,6-8H2,1-2H3/t10-/m1/s1. The Morgan fingerprint density at radius 1 is 1.42 bits per heavy atom. The van der Waals surface area contributed by atoms with E-state index in [4.69, 9.17) is 5.11 Å². The molecule has 0 amide bonds. The second kappa shape index (κ2) is 7.06. The summed E-state index contributed by atoms with van der Waals surface area (Å²) in [7, 11) is 0. The quantitative estimate of drug-likeness (QED) is 0.582. The molecule has 0 aromatic heterocycles. The van der Waals surface area contributed by atoms with Gasteiger partial charge in [-0.25, -0.2) is 0 Å². The molecule has 0 saturated heterocycles. The smallest absolute Gasteiger partial charge is 0.292 e. The normalized spacial score (nSPS) is 12.2. The molecule has 19 heavy (non-hydrogen) atoms. The highest BCUT2D eigenvalue weighted by molar-refractivity contribution is 5.64. The molecule has 1 rings (SSSR count). The molecule has 1 aromatic rings. The Morgan fingerprint density at radius 2 is 2.11 bits per heavy atom. The van der Waals surface area contributed by atoms with Crippen LogP contribution in [0.1, 0.15) is 31.9 Å². The zero-order chi connectivity index (χ0) is 14.4. The van der Waals surface area contributed by atoms with Crippen LogP contribution in [0, 0.1) is 10.1 Å². The van der Waals surface area contributed by atoms with Crippen LogP contribution in [0.25, 0.3) is 0 Å². The summed E-state index contributed by atoms with van der Waals surface area (Å²) in [4.78, 5) is 12.5. The van der Waals surface area contributed by atoms with Crippen LogP contribution in [0.2, 0.25) is 0 Å². The van der Waals surface area contributed by atoms with Gasteiger partial charge in [0.1, 0.15) is 5.69 Å². The van der Waals surface area contributed by atoms with E-state index in [9.17, 15) is 15.2 Å². The van der Waals surface area contributed by atoms with Crippen molar-refractivity contribution in [2.24, 2.45) is 0 Å². The molecule has 0 aliphatic heterocycles. The van der Waals surface area contributed by atoms with E-state index in [-0.39, 0.29) is 12.3 Å². The van der Waals surface area contributed by atoms with E-state index in [1.54, 1.807) is 24.0 Å². The maximum absolute atomic E-state index is 11.1. The van der Waals surface area contributed by atoms with Crippen LogP contribution in [-0.4, -0.2) is 34.8 Å². The predicted molar refractivity (Wildman–Crippen MR) is 73.3 cm³/mol. The van der Waals surface area contributed by atoms with E-state index in [0.29, 0.717) is 24.3 Å². The molecule has 6 heteroatoms. The van der Waals surface area contributed by atoms with Gasteiger partial charge in [0, 0.05) is 19.2 Å². The van der Waals surface area contributed by atoms with E-state index in [1.807, 2.05) is 6.92 Å². The van der Waals surface area contributed by atoms with Gasteiger partial charge in [-0.05, 0) is 25.0 Å². The summed E-state index contributed by atoms with van der Waals surface area (Å²) < 4.78 is 0. The molecule has 1 atom stereocenters. The molecular weight excluding hydrogens is 248 g/mol. The Morgan fingerprint density at radius 3 is 2.58 bits per heavy atom. The number of nitro benzene ring substituents is 1. The van der Waals surface area contributed by atoms with E-state index in [0.717, 1.165) is 6.42 Å². The van der Waals surface area contributed by atoms with Crippen molar-refractivity contribution >= 4 is 11.4 Å². The minimum Gasteiger partial charge on any atom is -0.395 e. The molecule has 0 heterocycles. The number of nitrogens with zero attached hydrogens (tertiary/aromatic N) is 2. The molecule has 0 aliphatic rings. The van der Waals surface area contributed by atoms with Gasteiger partial charge in [-0.1, -0.05) is 13.0 Å². The van der Waals surface area contributed by atoms with Crippen molar-refractivity contribution < 1.29 is 15.1 Å². The number of anilines is 1. The van der Waals surface area contributed by atoms with Gasteiger partial charge >= 0.3 is 0 Å². The van der Waals surface area contributed by atoms with Crippen LogP contribution in [0.5, 0.6) is 0 Å². The zero-order valence-corrected chi connectivity index (χ0v) is 11.2. The predicted octanol–water partition coefficient (Wildman–Crippen LogP) is 1.86. The average molecular weight is 268 g/mol. The molecule has 0 spiro atoms. The van der Waals surface area contributed by atoms with Crippen molar-refractivity contribution in [3.05, 3.63) is 33.9 Å². The first-order valence-corrected chi connectivity index (χ1v) is 6.33. The minimum absolute atomic E-state index is 0.0414. The van der Waals surface area contributed by atoms with Gasteiger partial charge in [0.25, 0.3) is 5.69 Å². The average Bonchev–Trinajstić information content (AvgIpc) is 2.37. The lowest BCUT2D eigenvalue weighted by atomic mass is 10.1. The first kappa shape index (κ1) is 15.4. The monoisotopic (exact) mass is 268 g/mol. The number of hydrogen-bond acceptors (Lipinski definition) is 5. The van der Waals surface area contributed by atoms with Gasteiger partial charge in [0.05, 0.1) is 17.6 Å². The largest absolute Gasteiger partial charge is 0.395 e. The first-order chi connectivity index (χ1) is 9.01. The van der Waals surface area contributed by atoms with Crippen LogP contribution in [0.3, 0.4) is 0 Å². The highest BCUT2D eigenvalue weighted by Crippen LogP contribution is 2.31. The summed E-state index contributed by atoms with van der Waals surface area (Å²) in [5, 5.41) is 29.7. The number of hydrogen-bond donors (Lipinski definition) is 2. The van der Waals surface area contributed by atoms with Gasteiger partial charge in [-0.15, -0.1) is 0 Å². The second-order valence-corrected chi connectivity index (χ2v) is 4.39. The molecule has 1 aromatic carbocycles. The van der Waals surface area contributed by atoms with Crippen LogP contribution < -0.4 is 4.90 Å². The first-order valence-electron chi connectivity index (χ1n) is 6.33. The number of rotatable bonds is 7. The van der Waals surface area contributed by atoms with Crippen molar-refractivity contribution in [3.63, 3.8) is 0 Å². The topological polar surface area (TPSA) is 86.8 Å². The molecule has 0 saturated carbocycles. The summed E-state index contributed by atoms with van der Waals surface area (Å²) in [6.45, 7) is 4.46. The zero-order valence-electron chi connectivity index (χ0n) is 11.2. The maximum atomic E-state index is 11.1. The molecule has 0 aliphatic carbocycles. The lowest BCUT2D eigenvalue weighted by Gasteiger charge is -2.23.